The maximum Gasteiger partial charge on any atom is 0.416 e. The minimum Gasteiger partial charge on any atom is -0.481 e. The van der Waals surface area contributed by atoms with Crippen molar-refractivity contribution < 1.29 is 50.2 Å². The average Bonchev–Trinajstić information content (AvgIpc) is 3.83. The Bertz CT molecular complexity index is 1660. The molecule has 1 amide bonds. The third kappa shape index (κ3) is 6.80. The van der Waals surface area contributed by atoms with Crippen LogP contribution in [-0.2, 0) is 28.4 Å². The number of carbonyl (C=O) groups excluding carboxylic acids is 1. The van der Waals surface area contributed by atoms with Gasteiger partial charge in [0.25, 0.3) is 0 Å². The lowest BCUT2D eigenvalue weighted by Gasteiger charge is -2.27. The minimum atomic E-state index is -5.07. The van der Waals surface area contributed by atoms with Crippen molar-refractivity contribution in [1.82, 2.24) is 9.88 Å². The molecular weight excluding hydrogens is 633 g/mol. The lowest BCUT2D eigenvalue weighted by molar-refractivity contribution is -0.144. The average molecular weight is 665 g/mol. The number of cyclic esters (lactones) is 1. The normalized spacial score (nSPS) is 23.6. The third-order valence-corrected chi connectivity index (χ3v) is 9.47. The molecule has 2 atom stereocenters. The van der Waals surface area contributed by atoms with Crippen LogP contribution in [0.4, 0.5) is 35.5 Å². The molecule has 3 fully saturated rings. The fraction of sp³-hybridized carbons (Fsp3) is 0.441. The number of halogens is 7. The number of pyridine rings is 1. The maximum absolute atomic E-state index is 15.5. The third-order valence-electron chi connectivity index (χ3n) is 9.47. The Hall–Kier alpha value is -4.16. The van der Waals surface area contributed by atoms with Crippen LogP contribution in [0.15, 0.2) is 48.5 Å². The number of hydrogen-bond donors (Lipinski definition) is 1. The molecule has 2 heterocycles. The first kappa shape index (κ1) is 32.8. The number of hydrogen-bond acceptors (Lipinski definition) is 4. The van der Waals surface area contributed by atoms with E-state index in [-0.39, 0.29) is 30.0 Å². The predicted molar refractivity (Wildman–Crippen MR) is 155 cm³/mol. The minimum absolute atomic E-state index is 0.0166. The Morgan fingerprint density at radius 2 is 1.47 bits per heavy atom. The standard InChI is InChI=1S/C34H31F7N2O4/c1-17-30(22-12-23(33(36,37)38)15-24(13-22)34(39,40)41)47-32(46)43(17)16-29-25(9-11-28(42-29)19-4-5-19)26-14-21(8-10-27(26)35)18-2-6-20(7-3-18)31(44)45/h8-15,17-20,30H,2-7,16H2,1H3,(H,44,45)/t17-,18-,20-,30-/m0/s1. The van der Waals surface area contributed by atoms with E-state index in [1.165, 1.54) is 17.9 Å². The van der Waals surface area contributed by atoms with Gasteiger partial charge in [0.05, 0.1) is 35.3 Å². The number of aliphatic carboxylic acids is 1. The zero-order valence-corrected chi connectivity index (χ0v) is 25.2. The summed E-state index contributed by atoms with van der Waals surface area (Å²) in [6.45, 7) is 1.23. The van der Waals surface area contributed by atoms with Crippen molar-refractivity contribution in [3.63, 3.8) is 0 Å². The Morgan fingerprint density at radius 1 is 0.851 bits per heavy atom. The number of carbonyl (C=O) groups is 2. The van der Waals surface area contributed by atoms with E-state index in [2.05, 4.69) is 0 Å². The van der Waals surface area contributed by atoms with Gasteiger partial charge >= 0.3 is 24.4 Å². The van der Waals surface area contributed by atoms with Crippen molar-refractivity contribution in [3.8, 4) is 11.1 Å². The van der Waals surface area contributed by atoms with Crippen molar-refractivity contribution in [2.75, 3.05) is 0 Å². The summed E-state index contributed by atoms with van der Waals surface area (Å²) >= 11 is 0. The highest BCUT2D eigenvalue weighted by atomic mass is 19.4. The largest absolute Gasteiger partial charge is 0.481 e. The number of aromatic nitrogens is 1. The monoisotopic (exact) mass is 664 g/mol. The SMILES string of the molecule is C[C@H]1[C@@H](c2cc(C(F)(F)F)cc(C(F)(F)F)c2)OC(=O)N1Cc1nc(C2CC2)ccc1-c1cc([C@H]2CC[C@H](C(=O)O)CC2)ccc1F. The molecule has 2 aliphatic carbocycles. The molecule has 3 aliphatic rings. The van der Waals surface area contributed by atoms with E-state index in [1.54, 1.807) is 24.3 Å². The fourth-order valence-electron chi connectivity index (χ4n) is 6.63. The van der Waals surface area contributed by atoms with Crippen LogP contribution in [0.5, 0.6) is 0 Å². The van der Waals surface area contributed by atoms with E-state index in [0.717, 1.165) is 24.1 Å². The molecule has 0 bridgehead atoms. The summed E-state index contributed by atoms with van der Waals surface area (Å²) < 4.78 is 102. The van der Waals surface area contributed by atoms with Crippen LogP contribution < -0.4 is 0 Å². The van der Waals surface area contributed by atoms with E-state index < -0.39 is 65.0 Å². The molecule has 250 valence electrons. The van der Waals surface area contributed by atoms with Gasteiger partial charge in [-0.25, -0.2) is 9.18 Å². The summed E-state index contributed by atoms with van der Waals surface area (Å²) in [5.41, 5.74) is -1.00. The van der Waals surface area contributed by atoms with E-state index in [4.69, 9.17) is 9.72 Å². The lowest BCUT2D eigenvalue weighted by Crippen LogP contribution is -2.32. The summed E-state index contributed by atoms with van der Waals surface area (Å²) in [6.07, 6.45) is -8.49. The van der Waals surface area contributed by atoms with E-state index in [9.17, 15) is 41.0 Å². The molecule has 0 unspecified atom stereocenters. The number of carboxylic acids is 1. The first-order valence-corrected chi connectivity index (χ1v) is 15.4. The number of nitrogens with zero attached hydrogens (tertiary/aromatic N) is 2. The number of rotatable bonds is 7. The second-order valence-corrected chi connectivity index (χ2v) is 12.6. The van der Waals surface area contributed by atoms with Gasteiger partial charge in [-0.05, 0) is 98.9 Å². The maximum atomic E-state index is 15.5. The van der Waals surface area contributed by atoms with Crippen LogP contribution in [-0.4, -0.2) is 33.1 Å². The van der Waals surface area contributed by atoms with Gasteiger partial charge in [-0.2, -0.15) is 26.3 Å². The Morgan fingerprint density at radius 3 is 2.04 bits per heavy atom. The smallest absolute Gasteiger partial charge is 0.416 e. The number of carboxylic acid groups (broad SMARTS) is 1. The molecule has 1 N–H and O–H groups in total. The van der Waals surface area contributed by atoms with Gasteiger partial charge in [-0.1, -0.05) is 12.1 Å². The van der Waals surface area contributed by atoms with Gasteiger partial charge in [0.15, 0.2) is 0 Å². The Labute approximate surface area is 265 Å². The Balaban J connectivity index is 1.32. The highest BCUT2D eigenvalue weighted by Gasteiger charge is 2.44. The van der Waals surface area contributed by atoms with Crippen molar-refractivity contribution in [3.05, 3.63) is 88.0 Å². The topological polar surface area (TPSA) is 79.7 Å². The second kappa shape index (κ2) is 12.1. The quantitative estimate of drug-likeness (QED) is 0.255. The van der Waals surface area contributed by atoms with Crippen LogP contribution in [0.2, 0.25) is 0 Å². The fourth-order valence-corrected chi connectivity index (χ4v) is 6.63. The molecule has 0 radical (unpaired) electrons. The summed E-state index contributed by atoms with van der Waals surface area (Å²) in [6, 6.07) is 8.34. The first-order chi connectivity index (χ1) is 22.1. The molecule has 3 aromatic rings. The van der Waals surface area contributed by atoms with Gasteiger partial charge in [-0.3, -0.25) is 14.7 Å². The lowest BCUT2D eigenvalue weighted by atomic mass is 9.78. The molecule has 1 aliphatic heterocycles. The van der Waals surface area contributed by atoms with Gasteiger partial charge in [0.2, 0.25) is 0 Å². The molecule has 0 spiro atoms. The van der Waals surface area contributed by atoms with Crippen LogP contribution in [0, 0.1) is 11.7 Å². The van der Waals surface area contributed by atoms with Crippen LogP contribution in [0.1, 0.15) is 97.0 Å². The summed E-state index contributed by atoms with van der Waals surface area (Å²) in [5, 5.41) is 9.36. The highest BCUT2D eigenvalue weighted by Crippen LogP contribution is 2.44. The molecular formula is C34H31F7N2O4. The van der Waals surface area contributed by atoms with Crippen molar-refractivity contribution in [2.45, 2.75) is 88.3 Å². The molecule has 1 saturated heterocycles. The predicted octanol–water partition coefficient (Wildman–Crippen LogP) is 9.24. The molecule has 2 aromatic carbocycles. The summed E-state index contributed by atoms with van der Waals surface area (Å²) in [4.78, 5) is 30.5. The second-order valence-electron chi connectivity index (χ2n) is 12.6. The van der Waals surface area contributed by atoms with E-state index >= 15 is 4.39 Å². The van der Waals surface area contributed by atoms with Gasteiger partial charge in [0.1, 0.15) is 11.9 Å². The Kier molecular flexibility index (Phi) is 8.46. The first-order valence-electron chi connectivity index (χ1n) is 15.4. The number of ether oxygens (including phenoxy) is 1. The zero-order valence-electron chi connectivity index (χ0n) is 25.2. The van der Waals surface area contributed by atoms with E-state index in [0.29, 0.717) is 49.1 Å². The number of amides is 1. The van der Waals surface area contributed by atoms with Crippen molar-refractivity contribution >= 4 is 12.1 Å². The van der Waals surface area contributed by atoms with Crippen LogP contribution >= 0.6 is 0 Å². The number of benzene rings is 2. The summed E-state index contributed by atoms with van der Waals surface area (Å²) in [5.74, 6) is -1.59. The van der Waals surface area contributed by atoms with Gasteiger partial charge in [0, 0.05) is 22.7 Å². The van der Waals surface area contributed by atoms with E-state index in [1.807, 2.05) is 0 Å². The molecule has 6 nitrogen and oxygen atoms in total. The molecule has 6 rings (SSSR count). The highest BCUT2D eigenvalue weighted by molar-refractivity contribution is 5.73. The number of alkyl halides is 6. The van der Waals surface area contributed by atoms with Crippen molar-refractivity contribution in [1.29, 1.82) is 0 Å². The van der Waals surface area contributed by atoms with Crippen LogP contribution in [0.3, 0.4) is 0 Å². The molecule has 13 heteroatoms. The van der Waals surface area contributed by atoms with Gasteiger partial charge < -0.3 is 9.84 Å². The van der Waals surface area contributed by atoms with Crippen LogP contribution in [0.25, 0.3) is 11.1 Å². The zero-order chi connectivity index (χ0) is 33.8. The molecule has 1 aromatic heterocycles. The molecule has 2 saturated carbocycles. The molecule has 47 heavy (non-hydrogen) atoms. The summed E-state index contributed by atoms with van der Waals surface area (Å²) in [7, 11) is 0. The van der Waals surface area contributed by atoms with Gasteiger partial charge in [-0.15, -0.1) is 0 Å². The van der Waals surface area contributed by atoms with Crippen molar-refractivity contribution in [2.24, 2.45) is 5.92 Å².